The van der Waals surface area contributed by atoms with E-state index in [9.17, 15) is 17.6 Å². The minimum absolute atomic E-state index is 0.0915. The highest BCUT2D eigenvalue weighted by Crippen LogP contribution is 2.24. The van der Waals surface area contributed by atoms with Crippen LogP contribution in [0.2, 0.25) is 0 Å². The van der Waals surface area contributed by atoms with Crippen LogP contribution >= 0.6 is 11.6 Å². The highest BCUT2D eigenvalue weighted by atomic mass is 35.5. The van der Waals surface area contributed by atoms with Crippen LogP contribution in [0, 0.1) is 5.82 Å². The highest BCUT2D eigenvalue weighted by molar-refractivity contribution is 6.17. The Labute approximate surface area is 95.6 Å². The Morgan fingerprint density at radius 3 is 2.38 bits per heavy atom. The van der Waals surface area contributed by atoms with E-state index in [1.165, 1.54) is 19.2 Å². The summed E-state index contributed by atoms with van der Waals surface area (Å²) in [7, 11) is 1.19. The molecule has 0 saturated carbocycles. The van der Waals surface area contributed by atoms with Crippen LogP contribution in [0.5, 0.6) is 0 Å². The van der Waals surface area contributed by atoms with Crippen molar-refractivity contribution in [2.24, 2.45) is 0 Å². The van der Waals surface area contributed by atoms with E-state index < -0.39 is 18.5 Å². The molecule has 0 spiro atoms. The summed E-state index contributed by atoms with van der Waals surface area (Å²) in [6.45, 7) is -1.19. The molecule has 0 aliphatic carbocycles. The Morgan fingerprint density at radius 2 is 1.94 bits per heavy atom. The van der Waals surface area contributed by atoms with Gasteiger partial charge in [0.2, 0.25) is 0 Å². The fourth-order valence-corrected chi connectivity index (χ4v) is 1.46. The number of halogens is 5. The molecule has 0 heterocycles. The van der Waals surface area contributed by atoms with Crippen LogP contribution in [0.15, 0.2) is 18.2 Å². The second-order valence-electron chi connectivity index (χ2n) is 3.39. The molecule has 1 aromatic rings. The summed E-state index contributed by atoms with van der Waals surface area (Å²) in [5, 5.41) is 0. The molecule has 16 heavy (non-hydrogen) atoms. The summed E-state index contributed by atoms with van der Waals surface area (Å²) in [6, 6.07) is 3.92. The molecule has 0 unspecified atom stereocenters. The molecular formula is C10H10ClF4N. The second-order valence-corrected chi connectivity index (χ2v) is 3.66. The molecule has 0 aliphatic heterocycles. The lowest BCUT2D eigenvalue weighted by atomic mass is 10.2. The summed E-state index contributed by atoms with van der Waals surface area (Å²) >= 11 is 5.48. The highest BCUT2D eigenvalue weighted by Gasteiger charge is 2.30. The zero-order valence-corrected chi connectivity index (χ0v) is 9.24. The quantitative estimate of drug-likeness (QED) is 0.590. The van der Waals surface area contributed by atoms with Gasteiger partial charge >= 0.3 is 6.18 Å². The number of nitrogens with zero attached hydrogens (tertiary/aromatic N) is 1. The van der Waals surface area contributed by atoms with E-state index in [0.29, 0.717) is 5.56 Å². The van der Waals surface area contributed by atoms with Gasteiger partial charge < -0.3 is 4.90 Å². The summed E-state index contributed by atoms with van der Waals surface area (Å²) < 4.78 is 49.6. The number of hydrogen-bond acceptors (Lipinski definition) is 1. The maximum Gasteiger partial charge on any atom is 0.405 e. The Morgan fingerprint density at radius 1 is 1.31 bits per heavy atom. The van der Waals surface area contributed by atoms with Crippen molar-refractivity contribution >= 4 is 17.3 Å². The third-order valence-electron chi connectivity index (χ3n) is 1.99. The van der Waals surface area contributed by atoms with Gasteiger partial charge in [0.05, 0.1) is 5.69 Å². The zero-order valence-electron chi connectivity index (χ0n) is 8.48. The first-order valence-corrected chi connectivity index (χ1v) is 4.99. The molecular weight excluding hydrogens is 246 g/mol. The molecule has 1 nitrogen and oxygen atoms in total. The van der Waals surface area contributed by atoms with E-state index in [0.717, 1.165) is 11.0 Å². The lowest BCUT2D eigenvalue weighted by Crippen LogP contribution is -2.31. The van der Waals surface area contributed by atoms with Gasteiger partial charge in [0.25, 0.3) is 0 Å². The van der Waals surface area contributed by atoms with Gasteiger partial charge in [-0.3, -0.25) is 0 Å². The Balaban J connectivity index is 2.88. The third kappa shape index (κ3) is 3.56. The fraction of sp³-hybridized carbons (Fsp3) is 0.400. The van der Waals surface area contributed by atoms with Gasteiger partial charge in [-0.1, -0.05) is 6.07 Å². The number of benzene rings is 1. The molecule has 0 saturated heterocycles. The lowest BCUT2D eigenvalue weighted by Gasteiger charge is -2.21. The number of rotatable bonds is 3. The maximum atomic E-state index is 13.4. The first-order valence-electron chi connectivity index (χ1n) is 4.46. The van der Waals surface area contributed by atoms with E-state index in [4.69, 9.17) is 11.6 Å². The molecule has 0 aliphatic rings. The molecule has 1 rings (SSSR count). The van der Waals surface area contributed by atoms with Crippen LogP contribution in [-0.2, 0) is 5.88 Å². The van der Waals surface area contributed by atoms with Gasteiger partial charge in [-0.15, -0.1) is 11.6 Å². The van der Waals surface area contributed by atoms with E-state index in [2.05, 4.69) is 0 Å². The molecule has 90 valence electrons. The SMILES string of the molecule is CN(CC(F)(F)F)c1ccc(CCl)cc1F. The van der Waals surface area contributed by atoms with Gasteiger partial charge in [0.1, 0.15) is 12.4 Å². The van der Waals surface area contributed by atoms with Crippen molar-refractivity contribution in [3.05, 3.63) is 29.6 Å². The number of anilines is 1. The molecule has 0 bridgehead atoms. The van der Waals surface area contributed by atoms with Crippen LogP contribution in [0.25, 0.3) is 0 Å². The average molecular weight is 256 g/mol. The van der Waals surface area contributed by atoms with Gasteiger partial charge in [-0.05, 0) is 17.7 Å². The fourth-order valence-electron chi connectivity index (χ4n) is 1.30. The Kier molecular flexibility index (Phi) is 4.02. The standard InChI is InChI=1S/C10H10ClF4N/c1-16(6-10(13,14)15)9-3-2-7(5-11)4-8(9)12/h2-4H,5-6H2,1H3. The van der Waals surface area contributed by atoms with E-state index in [1.54, 1.807) is 0 Å². The minimum atomic E-state index is -4.35. The van der Waals surface area contributed by atoms with Crippen molar-refractivity contribution in [2.45, 2.75) is 12.1 Å². The van der Waals surface area contributed by atoms with E-state index >= 15 is 0 Å². The van der Waals surface area contributed by atoms with Gasteiger partial charge in [-0.25, -0.2) is 4.39 Å². The molecule has 0 atom stereocenters. The zero-order chi connectivity index (χ0) is 12.3. The second kappa shape index (κ2) is 4.91. The molecule has 1 aromatic carbocycles. The molecule has 0 fully saturated rings. The van der Waals surface area contributed by atoms with E-state index in [-0.39, 0.29) is 11.6 Å². The van der Waals surface area contributed by atoms with Crippen molar-refractivity contribution in [1.82, 2.24) is 0 Å². The summed E-state index contributed by atoms with van der Waals surface area (Å²) in [6.07, 6.45) is -4.35. The maximum absolute atomic E-state index is 13.4. The predicted octanol–water partition coefficient (Wildman–Crippen LogP) is 3.56. The van der Waals surface area contributed by atoms with Gasteiger partial charge in [-0.2, -0.15) is 13.2 Å². The monoisotopic (exact) mass is 255 g/mol. The van der Waals surface area contributed by atoms with Crippen molar-refractivity contribution in [3.8, 4) is 0 Å². The molecule has 0 radical (unpaired) electrons. The van der Waals surface area contributed by atoms with Gasteiger partial charge in [0.15, 0.2) is 0 Å². The van der Waals surface area contributed by atoms with Gasteiger partial charge in [0, 0.05) is 12.9 Å². The van der Waals surface area contributed by atoms with Crippen LogP contribution in [0.3, 0.4) is 0 Å². The molecule has 0 amide bonds. The van der Waals surface area contributed by atoms with Crippen molar-refractivity contribution in [1.29, 1.82) is 0 Å². The number of hydrogen-bond donors (Lipinski definition) is 0. The summed E-state index contributed by atoms with van der Waals surface area (Å²) in [5.74, 6) is -0.579. The van der Waals surface area contributed by atoms with E-state index in [1.807, 2.05) is 0 Å². The van der Waals surface area contributed by atoms with Crippen LogP contribution in [0.4, 0.5) is 23.2 Å². The molecule has 0 N–H and O–H groups in total. The Hall–Kier alpha value is -0.970. The summed E-state index contributed by atoms with van der Waals surface area (Å²) in [4.78, 5) is 0.813. The predicted molar refractivity (Wildman–Crippen MR) is 55.3 cm³/mol. The first kappa shape index (κ1) is 13.1. The Bertz CT molecular complexity index is 364. The van der Waals surface area contributed by atoms with Crippen molar-refractivity contribution in [3.63, 3.8) is 0 Å². The van der Waals surface area contributed by atoms with Crippen molar-refractivity contribution < 1.29 is 17.6 Å². The normalized spacial score (nSPS) is 11.6. The topological polar surface area (TPSA) is 3.24 Å². The lowest BCUT2D eigenvalue weighted by molar-refractivity contribution is -0.119. The molecule has 0 aromatic heterocycles. The van der Waals surface area contributed by atoms with Crippen LogP contribution in [-0.4, -0.2) is 19.8 Å². The smallest absolute Gasteiger partial charge is 0.363 e. The molecule has 6 heteroatoms. The summed E-state index contributed by atoms with van der Waals surface area (Å²) in [5.41, 5.74) is 0.439. The van der Waals surface area contributed by atoms with Crippen LogP contribution in [0.1, 0.15) is 5.56 Å². The number of alkyl halides is 4. The minimum Gasteiger partial charge on any atom is -0.363 e. The largest absolute Gasteiger partial charge is 0.405 e. The van der Waals surface area contributed by atoms with Crippen molar-refractivity contribution in [2.75, 3.05) is 18.5 Å². The third-order valence-corrected chi connectivity index (χ3v) is 2.30. The first-order chi connectivity index (χ1) is 7.33. The average Bonchev–Trinajstić information content (AvgIpc) is 2.14. The van der Waals surface area contributed by atoms with Crippen LogP contribution < -0.4 is 4.90 Å².